The van der Waals surface area contributed by atoms with Crippen molar-refractivity contribution in [3.8, 4) is 5.75 Å². The number of rotatable bonds is 20. The van der Waals surface area contributed by atoms with Crippen LogP contribution in [0.2, 0.25) is 0 Å². The standard InChI is InChI=1S/C40H48N2O9/c1-2-3-12-23-41-37(46)33(42-34(43)25-40(26-35(44)45)21-10-11-22-40)24-29-17-19-32(20-18-29)51-36(38(47)49-27-30-13-6-4-7-14-30)39(48)50-28-31-15-8-5-9-16-31/h4-9,13-20,33,36H,2-3,10-12,21-28H2,1H3,(H,41,46)(H,42,43)(H,44,45)/t33-/m0/s1. The van der Waals surface area contributed by atoms with E-state index in [1.807, 2.05) is 36.4 Å². The number of unbranched alkanes of at least 4 members (excludes halogenated alkanes) is 2. The van der Waals surface area contributed by atoms with Crippen LogP contribution in [0, 0.1) is 5.41 Å². The lowest BCUT2D eigenvalue weighted by Gasteiger charge is -2.27. The van der Waals surface area contributed by atoms with Crippen LogP contribution in [0.5, 0.6) is 5.75 Å². The molecule has 0 spiro atoms. The number of aliphatic carboxylic acids is 1. The summed E-state index contributed by atoms with van der Waals surface area (Å²) >= 11 is 0. The van der Waals surface area contributed by atoms with Gasteiger partial charge in [0.15, 0.2) is 0 Å². The molecule has 3 aromatic rings. The van der Waals surface area contributed by atoms with Crippen LogP contribution in [-0.4, -0.2) is 53.5 Å². The highest BCUT2D eigenvalue weighted by Gasteiger charge is 2.39. The number of carbonyl (C=O) groups is 5. The van der Waals surface area contributed by atoms with Gasteiger partial charge in [-0.2, -0.15) is 0 Å². The van der Waals surface area contributed by atoms with E-state index in [0.29, 0.717) is 24.9 Å². The van der Waals surface area contributed by atoms with Gasteiger partial charge in [-0.05, 0) is 53.5 Å². The van der Waals surface area contributed by atoms with E-state index < -0.39 is 35.5 Å². The van der Waals surface area contributed by atoms with E-state index in [2.05, 4.69) is 17.6 Å². The van der Waals surface area contributed by atoms with E-state index in [1.165, 1.54) is 0 Å². The Bertz CT molecular complexity index is 1520. The number of ether oxygens (including phenoxy) is 3. The average molecular weight is 701 g/mol. The van der Waals surface area contributed by atoms with E-state index >= 15 is 0 Å². The van der Waals surface area contributed by atoms with Crippen molar-refractivity contribution in [2.24, 2.45) is 5.41 Å². The van der Waals surface area contributed by atoms with E-state index in [9.17, 15) is 29.1 Å². The summed E-state index contributed by atoms with van der Waals surface area (Å²) in [6, 6.07) is 23.7. The van der Waals surface area contributed by atoms with E-state index in [-0.39, 0.29) is 50.0 Å². The van der Waals surface area contributed by atoms with Crippen molar-refractivity contribution in [3.63, 3.8) is 0 Å². The van der Waals surface area contributed by atoms with Gasteiger partial charge in [0.25, 0.3) is 6.10 Å². The summed E-state index contributed by atoms with van der Waals surface area (Å²) in [6.45, 7) is 2.42. The number of esters is 2. The van der Waals surface area contributed by atoms with Crippen molar-refractivity contribution in [3.05, 3.63) is 102 Å². The molecule has 3 aromatic carbocycles. The summed E-state index contributed by atoms with van der Waals surface area (Å²) in [7, 11) is 0. The molecule has 0 heterocycles. The lowest BCUT2D eigenvalue weighted by atomic mass is 9.79. The minimum Gasteiger partial charge on any atom is -0.481 e. The van der Waals surface area contributed by atoms with E-state index in [0.717, 1.165) is 43.2 Å². The zero-order valence-corrected chi connectivity index (χ0v) is 29.1. The predicted octanol–water partition coefficient (Wildman–Crippen LogP) is 5.68. The molecule has 1 saturated carbocycles. The van der Waals surface area contributed by atoms with Gasteiger partial charge in [-0.25, -0.2) is 9.59 Å². The van der Waals surface area contributed by atoms with Gasteiger partial charge in [-0.15, -0.1) is 0 Å². The number of carbonyl (C=O) groups excluding carboxylic acids is 4. The highest BCUT2D eigenvalue weighted by Crippen LogP contribution is 2.44. The molecule has 1 aliphatic carbocycles. The minimum absolute atomic E-state index is 0.0355. The molecule has 0 radical (unpaired) electrons. The second kappa shape index (κ2) is 19.9. The zero-order valence-electron chi connectivity index (χ0n) is 29.1. The topological polar surface area (TPSA) is 157 Å². The molecule has 1 fully saturated rings. The van der Waals surface area contributed by atoms with Crippen LogP contribution in [0.15, 0.2) is 84.9 Å². The van der Waals surface area contributed by atoms with Gasteiger partial charge < -0.3 is 30.0 Å². The van der Waals surface area contributed by atoms with Crippen molar-refractivity contribution < 1.29 is 43.3 Å². The molecule has 11 nitrogen and oxygen atoms in total. The monoisotopic (exact) mass is 700 g/mol. The third-order valence-corrected chi connectivity index (χ3v) is 8.95. The Hall–Kier alpha value is -5.19. The Morgan fingerprint density at radius 2 is 1.31 bits per heavy atom. The van der Waals surface area contributed by atoms with Crippen molar-refractivity contribution >= 4 is 29.7 Å². The van der Waals surface area contributed by atoms with Gasteiger partial charge in [0.05, 0.1) is 6.42 Å². The second-order valence-corrected chi connectivity index (χ2v) is 13.1. The third-order valence-electron chi connectivity index (χ3n) is 8.95. The van der Waals surface area contributed by atoms with Crippen LogP contribution in [0.25, 0.3) is 0 Å². The van der Waals surface area contributed by atoms with Crippen molar-refractivity contribution in [1.29, 1.82) is 0 Å². The molecule has 3 N–H and O–H groups in total. The molecule has 4 rings (SSSR count). The first kappa shape index (κ1) is 38.6. The Labute approximate surface area is 299 Å². The summed E-state index contributed by atoms with van der Waals surface area (Å²) in [4.78, 5) is 64.4. The number of benzene rings is 3. The minimum atomic E-state index is -1.70. The maximum absolute atomic E-state index is 13.3. The second-order valence-electron chi connectivity index (χ2n) is 13.1. The number of hydrogen-bond acceptors (Lipinski definition) is 8. The fourth-order valence-electron chi connectivity index (χ4n) is 6.24. The Morgan fingerprint density at radius 1 is 0.745 bits per heavy atom. The Kier molecular flexibility index (Phi) is 15.0. The van der Waals surface area contributed by atoms with E-state index in [1.54, 1.807) is 48.5 Å². The number of hydrogen-bond donors (Lipinski definition) is 3. The number of carboxylic acids is 1. The molecular weight excluding hydrogens is 652 g/mol. The Morgan fingerprint density at radius 3 is 1.84 bits per heavy atom. The highest BCUT2D eigenvalue weighted by molar-refractivity contribution is 5.98. The summed E-state index contributed by atoms with van der Waals surface area (Å²) in [5, 5.41) is 15.3. The molecule has 0 unspecified atom stereocenters. The molecule has 0 aliphatic heterocycles. The van der Waals surface area contributed by atoms with Crippen molar-refractivity contribution in [2.75, 3.05) is 6.54 Å². The van der Waals surface area contributed by atoms with Gasteiger partial charge in [0.1, 0.15) is 25.0 Å². The molecular formula is C40H48N2O9. The summed E-state index contributed by atoms with van der Waals surface area (Å²) in [5.41, 5.74) is 1.55. The normalized spacial score (nSPS) is 13.9. The van der Waals surface area contributed by atoms with E-state index in [4.69, 9.17) is 14.2 Å². The first-order valence-corrected chi connectivity index (χ1v) is 17.6. The molecule has 0 aromatic heterocycles. The molecule has 51 heavy (non-hydrogen) atoms. The molecule has 11 heteroatoms. The fourth-order valence-corrected chi connectivity index (χ4v) is 6.24. The quantitative estimate of drug-likeness (QED) is 0.0767. The molecule has 1 atom stereocenters. The van der Waals surface area contributed by atoms with Gasteiger partial charge in [0.2, 0.25) is 11.8 Å². The maximum atomic E-state index is 13.3. The Balaban J connectivity index is 1.44. The van der Waals surface area contributed by atoms with Gasteiger partial charge >= 0.3 is 17.9 Å². The molecule has 0 bridgehead atoms. The van der Waals surface area contributed by atoms with Gasteiger partial charge in [0, 0.05) is 19.4 Å². The smallest absolute Gasteiger partial charge is 0.359 e. The summed E-state index contributed by atoms with van der Waals surface area (Å²) in [6.07, 6.45) is 4.20. The van der Waals surface area contributed by atoms with Crippen LogP contribution >= 0.6 is 0 Å². The van der Waals surface area contributed by atoms with Gasteiger partial charge in [-0.1, -0.05) is 105 Å². The summed E-state index contributed by atoms with van der Waals surface area (Å²) in [5.74, 6) is -3.26. The first-order chi connectivity index (χ1) is 24.7. The highest BCUT2D eigenvalue weighted by atomic mass is 16.6. The van der Waals surface area contributed by atoms with Crippen LogP contribution < -0.4 is 15.4 Å². The maximum Gasteiger partial charge on any atom is 0.359 e. The van der Waals surface area contributed by atoms with Crippen LogP contribution in [-0.2, 0) is 53.1 Å². The SMILES string of the molecule is CCCCCNC(=O)[C@H](Cc1ccc(OC(C(=O)OCc2ccccc2)C(=O)OCc2ccccc2)cc1)NC(=O)CC1(CC(=O)O)CCCC1. The predicted molar refractivity (Wildman–Crippen MR) is 189 cm³/mol. The average Bonchev–Trinajstić information content (AvgIpc) is 3.58. The fraction of sp³-hybridized carbons (Fsp3) is 0.425. The van der Waals surface area contributed by atoms with Crippen LogP contribution in [0.4, 0.5) is 0 Å². The molecule has 0 saturated heterocycles. The molecule has 1 aliphatic rings. The lowest BCUT2D eigenvalue weighted by Crippen LogP contribution is -2.49. The zero-order chi connectivity index (χ0) is 36.5. The first-order valence-electron chi connectivity index (χ1n) is 17.6. The molecule has 272 valence electrons. The molecule has 2 amide bonds. The number of nitrogens with one attached hydrogen (secondary N) is 2. The third kappa shape index (κ3) is 12.9. The van der Waals surface area contributed by atoms with Crippen LogP contribution in [0.1, 0.15) is 81.4 Å². The number of carboxylic acid groups (broad SMARTS) is 1. The van der Waals surface area contributed by atoms with Crippen LogP contribution in [0.3, 0.4) is 0 Å². The van der Waals surface area contributed by atoms with Crippen molar-refractivity contribution in [1.82, 2.24) is 10.6 Å². The number of amides is 2. The summed E-state index contributed by atoms with van der Waals surface area (Å²) < 4.78 is 16.7. The lowest BCUT2D eigenvalue weighted by molar-refractivity contribution is -0.168. The van der Waals surface area contributed by atoms with Gasteiger partial charge in [-0.3, -0.25) is 14.4 Å². The largest absolute Gasteiger partial charge is 0.481 e. The van der Waals surface area contributed by atoms with Crippen molar-refractivity contribution in [2.45, 2.75) is 96.5 Å².